The molecule has 0 radical (unpaired) electrons. The second-order valence-electron chi connectivity index (χ2n) is 5.75. The Hall–Kier alpha value is -0.920. The summed E-state index contributed by atoms with van der Waals surface area (Å²) in [5.74, 6) is 0.908. The molecule has 3 heterocycles. The first-order valence-electron chi connectivity index (χ1n) is 7.31. The van der Waals surface area contributed by atoms with E-state index in [1.54, 1.807) is 10.5 Å². The van der Waals surface area contributed by atoms with Crippen molar-refractivity contribution in [1.29, 1.82) is 0 Å². The van der Waals surface area contributed by atoms with Crippen LogP contribution in [0.1, 0.15) is 32.5 Å². The first-order chi connectivity index (χ1) is 9.50. The van der Waals surface area contributed by atoms with Crippen LogP contribution in [0.4, 0.5) is 0 Å². The van der Waals surface area contributed by atoms with Crippen LogP contribution in [-0.4, -0.2) is 47.4 Å². The van der Waals surface area contributed by atoms with E-state index in [0.717, 1.165) is 31.6 Å². The van der Waals surface area contributed by atoms with Gasteiger partial charge in [-0.1, -0.05) is 0 Å². The quantitative estimate of drug-likeness (QED) is 0.868. The van der Waals surface area contributed by atoms with Crippen molar-refractivity contribution < 1.29 is 8.42 Å². The Labute approximate surface area is 120 Å². The monoisotopic (exact) mass is 298 g/mol. The van der Waals surface area contributed by atoms with E-state index in [-0.39, 0.29) is 17.1 Å². The van der Waals surface area contributed by atoms with E-state index >= 15 is 0 Å². The molecule has 20 heavy (non-hydrogen) atoms. The van der Waals surface area contributed by atoms with E-state index in [4.69, 9.17) is 0 Å². The zero-order valence-corrected chi connectivity index (χ0v) is 12.9. The highest BCUT2D eigenvalue weighted by Gasteiger charge is 2.36. The van der Waals surface area contributed by atoms with Crippen LogP contribution in [0.2, 0.25) is 0 Å². The molecule has 1 aromatic rings. The van der Waals surface area contributed by atoms with Crippen LogP contribution < -0.4 is 5.32 Å². The summed E-state index contributed by atoms with van der Waals surface area (Å²) in [4.78, 5) is 4.37. The third-order valence-electron chi connectivity index (χ3n) is 4.44. The predicted octanol–water partition coefficient (Wildman–Crippen LogP) is 0.590. The first kappa shape index (κ1) is 14.0. The maximum Gasteiger partial charge on any atom is 0.262 e. The van der Waals surface area contributed by atoms with E-state index in [9.17, 15) is 8.42 Å². The Morgan fingerprint density at radius 3 is 2.85 bits per heavy atom. The van der Waals surface area contributed by atoms with Gasteiger partial charge in [0.25, 0.3) is 10.0 Å². The molecule has 1 saturated heterocycles. The largest absolute Gasteiger partial charge is 0.333 e. The predicted molar refractivity (Wildman–Crippen MR) is 76.0 cm³/mol. The molecular formula is C13H22N4O2S. The van der Waals surface area contributed by atoms with Crippen LogP contribution in [0.25, 0.3) is 0 Å². The van der Waals surface area contributed by atoms with Gasteiger partial charge in [-0.2, -0.15) is 4.31 Å². The Morgan fingerprint density at radius 2 is 2.10 bits per heavy atom. The van der Waals surface area contributed by atoms with Crippen LogP contribution in [0.5, 0.6) is 0 Å². The molecule has 0 aromatic carbocycles. The number of sulfonamides is 1. The van der Waals surface area contributed by atoms with Gasteiger partial charge in [-0.05, 0) is 26.7 Å². The topological polar surface area (TPSA) is 67.2 Å². The minimum Gasteiger partial charge on any atom is -0.333 e. The van der Waals surface area contributed by atoms with Crippen molar-refractivity contribution >= 4 is 10.0 Å². The van der Waals surface area contributed by atoms with Gasteiger partial charge in [-0.25, -0.2) is 13.4 Å². The second-order valence-corrected chi connectivity index (χ2v) is 7.58. The Kier molecular flexibility index (Phi) is 3.60. The van der Waals surface area contributed by atoms with Crippen LogP contribution in [-0.2, 0) is 23.0 Å². The molecule has 0 aliphatic carbocycles. The lowest BCUT2D eigenvalue weighted by Crippen LogP contribution is -2.57. The molecule has 112 valence electrons. The van der Waals surface area contributed by atoms with Gasteiger partial charge in [0.15, 0.2) is 5.03 Å². The summed E-state index contributed by atoms with van der Waals surface area (Å²) in [6.07, 6.45) is 4.79. The zero-order chi connectivity index (χ0) is 14.3. The highest BCUT2D eigenvalue weighted by atomic mass is 32.2. The summed E-state index contributed by atoms with van der Waals surface area (Å²) < 4.78 is 29.1. The molecular weight excluding hydrogens is 276 g/mol. The van der Waals surface area contributed by atoms with Crippen molar-refractivity contribution in [2.75, 3.05) is 13.1 Å². The molecule has 3 rings (SSSR count). The lowest BCUT2D eigenvalue weighted by Gasteiger charge is -2.36. The van der Waals surface area contributed by atoms with E-state index in [2.05, 4.69) is 10.3 Å². The van der Waals surface area contributed by atoms with E-state index < -0.39 is 10.0 Å². The third kappa shape index (κ3) is 2.27. The Morgan fingerprint density at radius 1 is 1.30 bits per heavy atom. The minimum absolute atomic E-state index is 0.0486. The fraction of sp³-hybridized carbons (Fsp3) is 0.769. The van der Waals surface area contributed by atoms with Crippen molar-refractivity contribution in [2.24, 2.45) is 0 Å². The van der Waals surface area contributed by atoms with Crippen LogP contribution >= 0.6 is 0 Å². The van der Waals surface area contributed by atoms with E-state index in [1.165, 1.54) is 0 Å². The van der Waals surface area contributed by atoms with Gasteiger partial charge in [-0.3, -0.25) is 0 Å². The third-order valence-corrected chi connectivity index (χ3v) is 6.29. The van der Waals surface area contributed by atoms with Gasteiger partial charge in [0.05, 0.1) is 0 Å². The van der Waals surface area contributed by atoms with Gasteiger partial charge in [0.1, 0.15) is 5.82 Å². The van der Waals surface area contributed by atoms with Gasteiger partial charge in [0, 0.05) is 44.3 Å². The second kappa shape index (κ2) is 5.13. The molecule has 0 bridgehead atoms. The number of nitrogens with one attached hydrogen (secondary N) is 1. The van der Waals surface area contributed by atoms with Crippen LogP contribution in [0.15, 0.2) is 11.2 Å². The van der Waals surface area contributed by atoms with Crippen molar-refractivity contribution in [3.05, 3.63) is 12.0 Å². The first-order valence-corrected chi connectivity index (χ1v) is 8.75. The number of imidazole rings is 1. The van der Waals surface area contributed by atoms with E-state index in [0.29, 0.717) is 13.1 Å². The van der Waals surface area contributed by atoms with Crippen molar-refractivity contribution in [1.82, 2.24) is 19.2 Å². The fourth-order valence-electron chi connectivity index (χ4n) is 3.00. The van der Waals surface area contributed by atoms with Gasteiger partial charge >= 0.3 is 0 Å². The lowest BCUT2D eigenvalue weighted by atomic mass is 10.1. The van der Waals surface area contributed by atoms with Gasteiger partial charge < -0.3 is 9.88 Å². The summed E-state index contributed by atoms with van der Waals surface area (Å²) in [7, 11) is -3.48. The number of nitrogens with zero attached hydrogens (tertiary/aromatic N) is 3. The summed E-state index contributed by atoms with van der Waals surface area (Å²) in [6, 6.07) is 0.114. The molecule has 2 unspecified atom stereocenters. The fourth-order valence-corrected chi connectivity index (χ4v) is 4.67. The highest BCUT2D eigenvalue weighted by Crippen LogP contribution is 2.23. The standard InChI is InChI=1S/C13H22N4O2S/c1-10-11(2)17(8-6-14-10)20(18,19)13-9-16-7-4-3-5-12(16)15-13/h9-11,14H,3-8H2,1-2H3. The molecule has 1 aromatic heterocycles. The van der Waals surface area contributed by atoms with Crippen molar-refractivity contribution in [2.45, 2.75) is 56.8 Å². The average Bonchev–Trinajstić information content (AvgIpc) is 2.86. The average molecular weight is 298 g/mol. The number of rotatable bonds is 2. The molecule has 6 nitrogen and oxygen atoms in total. The Bertz CT molecular complexity index is 572. The normalized spacial score (nSPS) is 28.3. The SMILES string of the molecule is CC1NCCN(S(=O)(=O)c2cn3c(n2)CCCC3)C1C. The minimum atomic E-state index is -3.48. The maximum atomic E-state index is 12.8. The van der Waals surface area contributed by atoms with Gasteiger partial charge in [-0.15, -0.1) is 0 Å². The lowest BCUT2D eigenvalue weighted by molar-refractivity contribution is 0.232. The molecule has 0 saturated carbocycles. The summed E-state index contributed by atoms with van der Waals surface area (Å²) in [6.45, 7) is 6.05. The molecule has 0 amide bonds. The number of fused-ring (bicyclic) bond motifs is 1. The summed E-state index contributed by atoms with van der Waals surface area (Å²) >= 11 is 0. The summed E-state index contributed by atoms with van der Waals surface area (Å²) in [5.41, 5.74) is 0. The number of aromatic nitrogens is 2. The molecule has 2 atom stereocenters. The summed E-state index contributed by atoms with van der Waals surface area (Å²) in [5, 5.41) is 3.52. The van der Waals surface area contributed by atoms with Crippen LogP contribution in [0, 0.1) is 0 Å². The number of hydrogen-bond acceptors (Lipinski definition) is 4. The number of aryl methyl sites for hydroxylation is 2. The van der Waals surface area contributed by atoms with Crippen molar-refractivity contribution in [3.63, 3.8) is 0 Å². The Balaban J connectivity index is 1.93. The number of hydrogen-bond donors (Lipinski definition) is 1. The smallest absolute Gasteiger partial charge is 0.262 e. The van der Waals surface area contributed by atoms with Crippen molar-refractivity contribution in [3.8, 4) is 0 Å². The molecule has 2 aliphatic heterocycles. The maximum absolute atomic E-state index is 12.8. The zero-order valence-electron chi connectivity index (χ0n) is 12.0. The molecule has 2 aliphatic rings. The molecule has 7 heteroatoms. The van der Waals surface area contributed by atoms with Gasteiger partial charge in [0.2, 0.25) is 0 Å². The molecule has 0 spiro atoms. The van der Waals surface area contributed by atoms with Crippen LogP contribution in [0.3, 0.4) is 0 Å². The molecule has 1 N–H and O–H groups in total. The van der Waals surface area contributed by atoms with E-state index in [1.807, 2.05) is 18.4 Å². The number of piperazine rings is 1. The highest BCUT2D eigenvalue weighted by molar-refractivity contribution is 7.89. The molecule has 1 fully saturated rings.